The molecule has 0 spiro atoms. The molecule has 0 amide bonds. The second-order valence-corrected chi connectivity index (χ2v) is 6.28. The van der Waals surface area contributed by atoms with E-state index in [0.29, 0.717) is 0 Å². The van der Waals surface area contributed by atoms with Crippen molar-refractivity contribution in [3.8, 4) is 0 Å². The molecule has 0 saturated carbocycles. The van der Waals surface area contributed by atoms with Gasteiger partial charge in [-0.3, -0.25) is 14.6 Å². The Morgan fingerprint density at radius 1 is 1.32 bits per heavy atom. The molecule has 0 aromatic carbocycles. The molecule has 7 heteroatoms. The van der Waals surface area contributed by atoms with Gasteiger partial charge in [0.05, 0.1) is 12.3 Å². The van der Waals surface area contributed by atoms with Gasteiger partial charge in [0, 0.05) is 39.1 Å². The molecule has 136 valence electrons. The number of nitrogens with zero attached hydrogens (tertiary/aromatic N) is 4. The van der Waals surface area contributed by atoms with Crippen LogP contribution in [0.4, 0.5) is 0 Å². The first-order valence-corrected chi connectivity index (χ1v) is 9.06. The maximum absolute atomic E-state index is 5.66. The third kappa shape index (κ3) is 5.09. The van der Waals surface area contributed by atoms with Crippen LogP contribution < -0.4 is 10.6 Å². The summed E-state index contributed by atoms with van der Waals surface area (Å²) in [5.74, 6) is 1.85. The number of aryl methyl sites for hydroxylation is 1. The Morgan fingerprint density at radius 2 is 2.20 bits per heavy atom. The summed E-state index contributed by atoms with van der Waals surface area (Å²) in [6.07, 6.45) is 9.06. The molecule has 0 aliphatic carbocycles. The maximum Gasteiger partial charge on any atom is 0.191 e. The lowest BCUT2D eigenvalue weighted by molar-refractivity contribution is 0.215. The predicted octanol–water partition coefficient (Wildman–Crippen LogP) is 1.87. The number of furan rings is 1. The van der Waals surface area contributed by atoms with Crippen molar-refractivity contribution in [2.75, 3.05) is 33.2 Å². The first kappa shape index (κ1) is 17.5. The zero-order valence-corrected chi connectivity index (χ0v) is 14.9. The first-order chi connectivity index (χ1) is 12.4. The lowest BCUT2D eigenvalue weighted by Gasteiger charge is -2.26. The summed E-state index contributed by atoms with van der Waals surface area (Å²) < 4.78 is 7.60. The standard InChI is InChI=1S/C18H28N6O/c1-19-18(20-8-5-12-24-13-6-9-22-24)21-15-16(17-7-4-14-25-17)23-10-2-3-11-23/h4,6-7,9,13-14,16H,2-3,5,8,10-12,15H2,1H3,(H2,19,20,21). The molecule has 2 aromatic rings. The average molecular weight is 344 g/mol. The highest BCUT2D eigenvalue weighted by atomic mass is 16.3. The Hall–Kier alpha value is -2.28. The molecule has 0 radical (unpaired) electrons. The van der Waals surface area contributed by atoms with Gasteiger partial charge in [-0.05, 0) is 50.6 Å². The second kappa shape index (κ2) is 9.27. The zero-order chi connectivity index (χ0) is 17.3. The minimum atomic E-state index is 0.250. The smallest absolute Gasteiger partial charge is 0.191 e. The fourth-order valence-corrected chi connectivity index (χ4v) is 3.24. The van der Waals surface area contributed by atoms with Crippen molar-refractivity contribution in [3.05, 3.63) is 42.6 Å². The summed E-state index contributed by atoms with van der Waals surface area (Å²) in [6.45, 7) is 4.80. The van der Waals surface area contributed by atoms with E-state index < -0.39 is 0 Å². The van der Waals surface area contributed by atoms with Crippen LogP contribution in [0.25, 0.3) is 0 Å². The van der Waals surface area contributed by atoms with Crippen LogP contribution in [-0.2, 0) is 6.54 Å². The molecule has 1 unspecified atom stereocenters. The molecule has 1 fully saturated rings. The summed E-state index contributed by atoms with van der Waals surface area (Å²) >= 11 is 0. The van der Waals surface area contributed by atoms with Gasteiger partial charge in [-0.2, -0.15) is 5.10 Å². The van der Waals surface area contributed by atoms with Crippen molar-refractivity contribution in [3.63, 3.8) is 0 Å². The monoisotopic (exact) mass is 344 g/mol. The van der Waals surface area contributed by atoms with Gasteiger partial charge in [0.1, 0.15) is 5.76 Å². The summed E-state index contributed by atoms with van der Waals surface area (Å²) in [6, 6.07) is 6.22. The van der Waals surface area contributed by atoms with E-state index in [1.165, 1.54) is 12.8 Å². The van der Waals surface area contributed by atoms with Crippen LogP contribution in [0.2, 0.25) is 0 Å². The number of nitrogens with one attached hydrogen (secondary N) is 2. The van der Waals surface area contributed by atoms with Gasteiger partial charge in [-0.1, -0.05) is 0 Å². The fraction of sp³-hybridized carbons (Fsp3) is 0.556. The van der Waals surface area contributed by atoms with E-state index in [1.807, 2.05) is 23.0 Å². The van der Waals surface area contributed by atoms with Gasteiger partial charge in [-0.15, -0.1) is 0 Å². The number of hydrogen-bond acceptors (Lipinski definition) is 4. The number of aromatic nitrogens is 2. The molecular weight excluding hydrogens is 316 g/mol. The summed E-state index contributed by atoms with van der Waals surface area (Å²) in [5.41, 5.74) is 0. The quantitative estimate of drug-likeness (QED) is 0.435. The molecule has 0 bridgehead atoms. The lowest BCUT2D eigenvalue weighted by atomic mass is 10.2. The molecule has 2 aromatic heterocycles. The van der Waals surface area contributed by atoms with E-state index in [0.717, 1.165) is 50.9 Å². The topological polar surface area (TPSA) is 70.6 Å². The Morgan fingerprint density at radius 3 is 2.88 bits per heavy atom. The molecule has 2 N–H and O–H groups in total. The van der Waals surface area contributed by atoms with Crippen LogP contribution in [0.15, 0.2) is 46.3 Å². The molecule has 3 rings (SSSR count). The Balaban J connectivity index is 1.45. The van der Waals surface area contributed by atoms with Crippen molar-refractivity contribution in [1.82, 2.24) is 25.3 Å². The molecule has 1 atom stereocenters. The molecule has 1 aliphatic rings. The fourth-order valence-electron chi connectivity index (χ4n) is 3.24. The van der Waals surface area contributed by atoms with Crippen LogP contribution in [0.3, 0.4) is 0 Å². The van der Waals surface area contributed by atoms with Crippen molar-refractivity contribution in [2.45, 2.75) is 31.8 Å². The molecule has 25 heavy (non-hydrogen) atoms. The van der Waals surface area contributed by atoms with Crippen LogP contribution in [0.5, 0.6) is 0 Å². The van der Waals surface area contributed by atoms with E-state index in [2.05, 4.69) is 31.7 Å². The zero-order valence-electron chi connectivity index (χ0n) is 14.9. The van der Waals surface area contributed by atoms with E-state index in [1.54, 1.807) is 19.5 Å². The van der Waals surface area contributed by atoms with Crippen molar-refractivity contribution < 1.29 is 4.42 Å². The lowest BCUT2D eigenvalue weighted by Crippen LogP contribution is -2.43. The Bertz CT molecular complexity index is 616. The van der Waals surface area contributed by atoms with Gasteiger partial charge in [0.15, 0.2) is 5.96 Å². The molecule has 3 heterocycles. The highest BCUT2D eigenvalue weighted by Gasteiger charge is 2.25. The molecule has 7 nitrogen and oxygen atoms in total. The first-order valence-electron chi connectivity index (χ1n) is 9.06. The predicted molar refractivity (Wildman–Crippen MR) is 98.5 cm³/mol. The molecule has 1 aliphatic heterocycles. The normalized spacial score (nSPS) is 16.9. The largest absolute Gasteiger partial charge is 0.468 e. The number of rotatable bonds is 8. The van der Waals surface area contributed by atoms with E-state index in [4.69, 9.17) is 4.42 Å². The van der Waals surface area contributed by atoms with Gasteiger partial charge in [-0.25, -0.2) is 0 Å². The van der Waals surface area contributed by atoms with Crippen LogP contribution in [0, 0.1) is 0 Å². The molecule has 1 saturated heterocycles. The average Bonchev–Trinajstić information content (AvgIpc) is 3.40. The molecular formula is C18H28N6O. The van der Waals surface area contributed by atoms with E-state index >= 15 is 0 Å². The van der Waals surface area contributed by atoms with Crippen molar-refractivity contribution in [1.29, 1.82) is 0 Å². The van der Waals surface area contributed by atoms with Crippen molar-refractivity contribution >= 4 is 5.96 Å². The summed E-state index contributed by atoms with van der Waals surface area (Å²) in [4.78, 5) is 6.81. The van der Waals surface area contributed by atoms with Gasteiger partial charge >= 0.3 is 0 Å². The summed E-state index contributed by atoms with van der Waals surface area (Å²) in [5, 5.41) is 11.0. The van der Waals surface area contributed by atoms with Gasteiger partial charge < -0.3 is 15.1 Å². The van der Waals surface area contributed by atoms with Crippen molar-refractivity contribution in [2.24, 2.45) is 4.99 Å². The number of likely N-dealkylation sites (tertiary alicyclic amines) is 1. The van der Waals surface area contributed by atoms with Crippen LogP contribution in [-0.4, -0.2) is 53.9 Å². The van der Waals surface area contributed by atoms with E-state index in [-0.39, 0.29) is 6.04 Å². The third-order valence-corrected chi connectivity index (χ3v) is 4.56. The minimum Gasteiger partial charge on any atom is -0.468 e. The highest BCUT2D eigenvalue weighted by molar-refractivity contribution is 5.79. The number of guanidine groups is 1. The Kier molecular flexibility index (Phi) is 6.50. The minimum absolute atomic E-state index is 0.250. The van der Waals surface area contributed by atoms with E-state index in [9.17, 15) is 0 Å². The van der Waals surface area contributed by atoms with Crippen LogP contribution in [0.1, 0.15) is 31.1 Å². The van der Waals surface area contributed by atoms with Gasteiger partial charge in [0.2, 0.25) is 0 Å². The number of hydrogen-bond donors (Lipinski definition) is 2. The SMILES string of the molecule is CN=C(NCCCn1cccn1)NCC(c1ccco1)N1CCCC1. The second-order valence-electron chi connectivity index (χ2n) is 6.28. The summed E-state index contributed by atoms with van der Waals surface area (Å²) in [7, 11) is 1.81. The highest BCUT2D eigenvalue weighted by Crippen LogP contribution is 2.24. The maximum atomic E-state index is 5.66. The van der Waals surface area contributed by atoms with Gasteiger partial charge in [0.25, 0.3) is 0 Å². The third-order valence-electron chi connectivity index (χ3n) is 4.56. The Labute approximate surface area is 149 Å². The van der Waals surface area contributed by atoms with Crippen LogP contribution >= 0.6 is 0 Å². The number of aliphatic imine (C=N–C) groups is 1.